The van der Waals surface area contributed by atoms with E-state index < -0.39 is 0 Å². The molecule has 26 heavy (non-hydrogen) atoms. The molecule has 0 bridgehead atoms. The lowest BCUT2D eigenvalue weighted by Crippen LogP contribution is -2.34. The highest BCUT2D eigenvalue weighted by atomic mass is 35.5. The lowest BCUT2D eigenvalue weighted by Gasteiger charge is -2.34. The van der Waals surface area contributed by atoms with Crippen LogP contribution in [-0.4, -0.2) is 23.2 Å². The molecule has 0 spiro atoms. The summed E-state index contributed by atoms with van der Waals surface area (Å²) in [4.78, 5) is 6.68. The topological polar surface area (TPSA) is 36.4 Å². The summed E-state index contributed by atoms with van der Waals surface area (Å²) < 4.78 is 0. The first-order chi connectivity index (χ1) is 12.6. The second-order valence-electron chi connectivity index (χ2n) is 6.88. The molecule has 0 aliphatic carbocycles. The number of nitrogens with zero attached hydrogens (tertiary/aromatic N) is 2. The predicted octanol–water partition coefficient (Wildman–Crippen LogP) is 5.71. The number of aromatic hydroxyl groups is 1. The van der Waals surface area contributed by atoms with Crippen molar-refractivity contribution in [2.45, 2.75) is 19.3 Å². The Balaban J connectivity index is 1.45. The summed E-state index contributed by atoms with van der Waals surface area (Å²) in [5, 5.41) is 12.2. The molecular formula is C21H20Cl2N2O. The van der Waals surface area contributed by atoms with E-state index >= 15 is 0 Å². The van der Waals surface area contributed by atoms with Gasteiger partial charge in [-0.1, -0.05) is 35.3 Å². The van der Waals surface area contributed by atoms with Gasteiger partial charge >= 0.3 is 0 Å². The fourth-order valence-electron chi connectivity index (χ4n) is 3.73. The number of hydrogen-bond acceptors (Lipinski definition) is 3. The van der Waals surface area contributed by atoms with Crippen LogP contribution in [0.1, 0.15) is 18.4 Å². The molecular weight excluding hydrogens is 367 g/mol. The molecule has 2 heterocycles. The van der Waals surface area contributed by atoms with E-state index in [0.29, 0.717) is 16.0 Å². The van der Waals surface area contributed by atoms with Gasteiger partial charge < -0.3 is 10.0 Å². The maximum absolute atomic E-state index is 10.1. The third kappa shape index (κ3) is 3.46. The Kier molecular flexibility index (Phi) is 4.92. The Morgan fingerprint density at radius 2 is 1.88 bits per heavy atom. The highest BCUT2D eigenvalue weighted by molar-refractivity contribution is 6.42. The number of pyridine rings is 1. The van der Waals surface area contributed by atoms with Crippen molar-refractivity contribution in [3.63, 3.8) is 0 Å². The van der Waals surface area contributed by atoms with Crippen LogP contribution in [0.5, 0.6) is 5.75 Å². The van der Waals surface area contributed by atoms with Crippen LogP contribution in [0.3, 0.4) is 0 Å². The Morgan fingerprint density at radius 3 is 2.69 bits per heavy atom. The Bertz CT molecular complexity index is 936. The van der Waals surface area contributed by atoms with Crippen LogP contribution < -0.4 is 4.90 Å². The van der Waals surface area contributed by atoms with Gasteiger partial charge in [-0.2, -0.15) is 0 Å². The first-order valence-corrected chi connectivity index (χ1v) is 9.63. The zero-order chi connectivity index (χ0) is 18.1. The van der Waals surface area contributed by atoms with Crippen LogP contribution in [0.15, 0.2) is 48.7 Å². The van der Waals surface area contributed by atoms with Crippen molar-refractivity contribution >= 4 is 39.8 Å². The van der Waals surface area contributed by atoms with Gasteiger partial charge in [-0.15, -0.1) is 0 Å². The lowest BCUT2D eigenvalue weighted by atomic mass is 9.90. The third-order valence-electron chi connectivity index (χ3n) is 5.22. The number of aromatic nitrogens is 1. The van der Waals surface area contributed by atoms with Gasteiger partial charge in [-0.05, 0) is 61.1 Å². The van der Waals surface area contributed by atoms with Gasteiger partial charge in [0.25, 0.3) is 0 Å². The number of anilines is 1. The summed E-state index contributed by atoms with van der Waals surface area (Å²) in [7, 11) is 0. The first kappa shape index (κ1) is 17.4. The van der Waals surface area contributed by atoms with Gasteiger partial charge in [0.1, 0.15) is 5.75 Å². The fraction of sp³-hybridized carbons (Fsp3) is 0.286. The van der Waals surface area contributed by atoms with E-state index in [1.54, 1.807) is 12.3 Å². The zero-order valence-electron chi connectivity index (χ0n) is 14.3. The van der Waals surface area contributed by atoms with E-state index in [-0.39, 0.29) is 5.75 Å². The van der Waals surface area contributed by atoms with E-state index in [2.05, 4.69) is 22.0 Å². The molecule has 0 atom stereocenters. The van der Waals surface area contributed by atoms with Crippen LogP contribution in [0, 0.1) is 5.92 Å². The number of benzene rings is 2. The summed E-state index contributed by atoms with van der Waals surface area (Å²) in [6.07, 6.45) is 4.82. The quantitative estimate of drug-likeness (QED) is 0.626. The molecule has 1 aliphatic rings. The second kappa shape index (κ2) is 7.34. The predicted molar refractivity (Wildman–Crippen MR) is 109 cm³/mol. The summed E-state index contributed by atoms with van der Waals surface area (Å²) in [6, 6.07) is 13.6. The van der Waals surface area contributed by atoms with Crippen molar-refractivity contribution in [3.05, 3.63) is 64.3 Å². The second-order valence-corrected chi connectivity index (χ2v) is 7.66. The Hall–Kier alpha value is -1.97. The minimum absolute atomic E-state index is 0.280. The van der Waals surface area contributed by atoms with E-state index in [0.717, 1.165) is 54.5 Å². The van der Waals surface area contributed by atoms with Crippen molar-refractivity contribution < 1.29 is 5.11 Å². The zero-order valence-corrected chi connectivity index (χ0v) is 15.8. The highest BCUT2D eigenvalue weighted by Crippen LogP contribution is 2.33. The maximum atomic E-state index is 10.1. The minimum Gasteiger partial charge on any atom is -0.507 e. The van der Waals surface area contributed by atoms with Gasteiger partial charge in [0.15, 0.2) is 0 Å². The standard InChI is InChI=1S/C21H20Cl2N2O/c22-18-3-1-2-15(21(18)23)12-14-7-10-25(11-8-14)16-4-5-19-17(13-16)20(26)6-9-24-19/h1-6,9,13-14H,7-8,10-12H2,(H,24,26). The van der Waals surface area contributed by atoms with Gasteiger partial charge in [0.05, 0.1) is 15.6 Å². The van der Waals surface area contributed by atoms with Crippen LogP contribution in [0.2, 0.25) is 10.0 Å². The van der Waals surface area contributed by atoms with Gasteiger partial charge in [-0.25, -0.2) is 0 Å². The average Bonchev–Trinajstić information content (AvgIpc) is 2.66. The van der Waals surface area contributed by atoms with Crippen LogP contribution in [0.25, 0.3) is 10.9 Å². The molecule has 1 aliphatic heterocycles. The number of piperidine rings is 1. The molecule has 0 saturated carbocycles. The van der Waals surface area contributed by atoms with Crippen molar-refractivity contribution in [2.24, 2.45) is 5.92 Å². The van der Waals surface area contributed by atoms with Crippen molar-refractivity contribution in [3.8, 4) is 5.75 Å². The molecule has 0 radical (unpaired) electrons. The monoisotopic (exact) mass is 386 g/mol. The number of hydrogen-bond donors (Lipinski definition) is 1. The van der Waals surface area contributed by atoms with Crippen LogP contribution >= 0.6 is 23.2 Å². The molecule has 1 saturated heterocycles. The SMILES string of the molecule is Oc1ccnc2ccc(N3CCC(Cc4cccc(Cl)c4Cl)CC3)cc12. The molecule has 0 unspecified atom stereocenters. The largest absolute Gasteiger partial charge is 0.507 e. The minimum atomic E-state index is 0.280. The highest BCUT2D eigenvalue weighted by Gasteiger charge is 2.21. The molecule has 1 fully saturated rings. The fourth-order valence-corrected chi connectivity index (χ4v) is 4.13. The Labute approximate surface area is 163 Å². The number of fused-ring (bicyclic) bond motifs is 1. The van der Waals surface area contributed by atoms with E-state index in [4.69, 9.17) is 23.2 Å². The molecule has 1 N–H and O–H groups in total. The van der Waals surface area contributed by atoms with E-state index in [1.165, 1.54) is 0 Å². The van der Waals surface area contributed by atoms with Crippen LogP contribution in [0.4, 0.5) is 5.69 Å². The van der Waals surface area contributed by atoms with Gasteiger partial charge in [-0.3, -0.25) is 4.98 Å². The van der Waals surface area contributed by atoms with Crippen molar-refractivity contribution in [1.82, 2.24) is 4.98 Å². The molecule has 4 rings (SSSR count). The molecule has 134 valence electrons. The third-order valence-corrected chi connectivity index (χ3v) is 6.08. The summed E-state index contributed by atoms with van der Waals surface area (Å²) in [5.41, 5.74) is 3.10. The van der Waals surface area contributed by atoms with E-state index in [1.807, 2.05) is 24.3 Å². The van der Waals surface area contributed by atoms with Gasteiger partial charge in [0, 0.05) is 30.4 Å². The Morgan fingerprint density at radius 1 is 1.08 bits per heavy atom. The maximum Gasteiger partial charge on any atom is 0.126 e. The summed E-state index contributed by atoms with van der Waals surface area (Å²) in [5.74, 6) is 0.889. The molecule has 3 nitrogen and oxygen atoms in total. The van der Waals surface area contributed by atoms with Gasteiger partial charge in [0.2, 0.25) is 0 Å². The first-order valence-electron chi connectivity index (χ1n) is 8.87. The average molecular weight is 387 g/mol. The van der Waals surface area contributed by atoms with Crippen LogP contribution in [-0.2, 0) is 6.42 Å². The van der Waals surface area contributed by atoms with Crippen molar-refractivity contribution in [1.29, 1.82) is 0 Å². The molecule has 5 heteroatoms. The summed E-state index contributed by atoms with van der Waals surface area (Å²) in [6.45, 7) is 1.99. The molecule has 1 aromatic heterocycles. The number of halogens is 2. The molecule has 0 amide bonds. The molecule has 3 aromatic rings. The molecule has 2 aromatic carbocycles. The van der Waals surface area contributed by atoms with Crippen molar-refractivity contribution in [2.75, 3.05) is 18.0 Å². The summed E-state index contributed by atoms with van der Waals surface area (Å²) >= 11 is 12.5. The smallest absolute Gasteiger partial charge is 0.126 e. The normalized spacial score (nSPS) is 15.5. The number of rotatable bonds is 3. The lowest BCUT2D eigenvalue weighted by molar-refractivity contribution is 0.404. The van der Waals surface area contributed by atoms with E-state index in [9.17, 15) is 5.11 Å².